The van der Waals surface area contributed by atoms with Gasteiger partial charge in [-0.15, -0.1) is 0 Å². The fourth-order valence-corrected chi connectivity index (χ4v) is 4.31. The molecule has 0 fully saturated rings. The maximum Gasteiger partial charge on any atom is 0.340 e. The monoisotopic (exact) mass is 527 g/mol. The smallest absolute Gasteiger partial charge is 0.340 e. The summed E-state index contributed by atoms with van der Waals surface area (Å²) < 4.78 is 18.7. The third-order valence-corrected chi connectivity index (χ3v) is 6.70. The summed E-state index contributed by atoms with van der Waals surface area (Å²) in [5.41, 5.74) is 4.34. The summed E-state index contributed by atoms with van der Waals surface area (Å²) in [6.45, 7) is 4.64. The van der Waals surface area contributed by atoms with Crippen LogP contribution in [-0.2, 0) is 17.7 Å². The minimum Gasteiger partial charge on any atom is -0.465 e. The Morgan fingerprint density at radius 3 is 2.08 bits per heavy atom. The van der Waals surface area contributed by atoms with Crippen molar-refractivity contribution in [1.82, 2.24) is 5.32 Å². The third kappa shape index (κ3) is 9.19. The highest BCUT2D eigenvalue weighted by atomic mass is 19.1. The second-order valence-corrected chi connectivity index (χ2v) is 9.73. The molecule has 1 unspecified atom stereocenters. The molecule has 3 aromatic rings. The van der Waals surface area contributed by atoms with Crippen LogP contribution in [0.1, 0.15) is 95.3 Å². The number of halogens is 1. The van der Waals surface area contributed by atoms with E-state index in [4.69, 9.17) is 0 Å². The predicted molar refractivity (Wildman–Crippen MR) is 154 cm³/mol. The first-order valence-corrected chi connectivity index (χ1v) is 13.8. The van der Waals surface area contributed by atoms with E-state index in [0.29, 0.717) is 24.1 Å². The molecule has 0 bridgehead atoms. The molecule has 0 saturated heterocycles. The topological polar surface area (TPSA) is 55.4 Å². The predicted octanol–water partition coefficient (Wildman–Crippen LogP) is 7.28. The van der Waals surface area contributed by atoms with Crippen molar-refractivity contribution in [2.24, 2.45) is 0 Å². The van der Waals surface area contributed by atoms with Crippen LogP contribution in [0, 0.1) is 17.7 Å². The molecule has 0 aliphatic carbocycles. The Morgan fingerprint density at radius 1 is 0.846 bits per heavy atom. The van der Waals surface area contributed by atoms with Gasteiger partial charge in [-0.1, -0.05) is 81.7 Å². The normalized spacial score (nSPS) is 11.4. The number of hydrogen-bond donors (Lipinski definition) is 1. The van der Waals surface area contributed by atoms with Gasteiger partial charge in [0, 0.05) is 23.2 Å². The number of methoxy groups -OCH3 is 1. The number of esters is 1. The summed E-state index contributed by atoms with van der Waals surface area (Å²) in [6.07, 6.45) is 7.14. The van der Waals surface area contributed by atoms with E-state index in [1.807, 2.05) is 24.3 Å². The van der Waals surface area contributed by atoms with Crippen molar-refractivity contribution in [2.75, 3.05) is 7.11 Å². The molecule has 0 saturated carbocycles. The number of unbranched alkanes of at least 4 members (excludes halogenated alkanes) is 3. The van der Waals surface area contributed by atoms with Gasteiger partial charge in [0.25, 0.3) is 0 Å². The standard InChI is InChI=1S/C34H38FNO3/c1-4-6-8-10-32(36-24-28-19-22-31(35)30(23-28)34(38)39-3)33(37)29-20-17-27(18-21-29)16-15-26-13-11-25(12-14-26)9-7-5-2/h11-14,17-23,32,36H,4-10,24H2,1-3H3. The molecule has 5 heteroatoms. The molecular weight excluding hydrogens is 489 g/mol. The van der Waals surface area contributed by atoms with E-state index in [0.717, 1.165) is 36.8 Å². The molecule has 0 aromatic heterocycles. The molecule has 1 atom stereocenters. The van der Waals surface area contributed by atoms with E-state index in [9.17, 15) is 14.0 Å². The number of rotatable bonds is 13. The van der Waals surface area contributed by atoms with Crippen LogP contribution in [0.2, 0.25) is 0 Å². The van der Waals surface area contributed by atoms with Crippen LogP contribution < -0.4 is 5.32 Å². The maximum absolute atomic E-state index is 14.0. The number of nitrogens with one attached hydrogen (secondary N) is 1. The molecule has 0 amide bonds. The van der Waals surface area contributed by atoms with Gasteiger partial charge in [0.1, 0.15) is 5.82 Å². The quantitative estimate of drug-likeness (QED) is 0.110. The Labute approximate surface area is 232 Å². The van der Waals surface area contributed by atoms with Crippen LogP contribution >= 0.6 is 0 Å². The van der Waals surface area contributed by atoms with Gasteiger partial charge in [-0.05, 0) is 66.8 Å². The fourth-order valence-electron chi connectivity index (χ4n) is 4.31. The molecule has 0 aliphatic rings. The van der Waals surface area contributed by atoms with E-state index in [1.54, 1.807) is 6.07 Å². The van der Waals surface area contributed by atoms with E-state index in [-0.39, 0.29) is 11.3 Å². The zero-order valence-electron chi connectivity index (χ0n) is 23.2. The van der Waals surface area contributed by atoms with Crippen molar-refractivity contribution >= 4 is 11.8 Å². The van der Waals surface area contributed by atoms with Crippen molar-refractivity contribution in [3.05, 3.63) is 106 Å². The third-order valence-electron chi connectivity index (χ3n) is 6.70. The van der Waals surface area contributed by atoms with Crippen molar-refractivity contribution in [3.8, 4) is 11.8 Å². The number of benzene rings is 3. The summed E-state index contributed by atoms with van der Waals surface area (Å²) in [7, 11) is 1.22. The lowest BCUT2D eigenvalue weighted by atomic mass is 9.97. The van der Waals surface area contributed by atoms with E-state index < -0.39 is 17.8 Å². The summed E-state index contributed by atoms with van der Waals surface area (Å²) in [5, 5.41) is 3.32. The van der Waals surface area contributed by atoms with E-state index >= 15 is 0 Å². The number of Topliss-reactive ketones (excluding diaryl/α,β-unsaturated/α-hetero) is 1. The average molecular weight is 528 g/mol. The first kappa shape index (κ1) is 29.8. The minimum absolute atomic E-state index is 0.00332. The molecule has 3 aromatic carbocycles. The number of aryl methyl sites for hydroxylation is 1. The van der Waals surface area contributed by atoms with Crippen molar-refractivity contribution in [3.63, 3.8) is 0 Å². The van der Waals surface area contributed by atoms with E-state index in [1.165, 1.54) is 37.6 Å². The van der Waals surface area contributed by atoms with Gasteiger partial charge in [-0.3, -0.25) is 4.79 Å². The summed E-state index contributed by atoms with van der Waals surface area (Å²) in [6, 6.07) is 19.7. The van der Waals surface area contributed by atoms with Gasteiger partial charge in [0.05, 0.1) is 18.7 Å². The van der Waals surface area contributed by atoms with Crippen molar-refractivity contribution in [2.45, 2.75) is 71.4 Å². The first-order chi connectivity index (χ1) is 18.9. The second kappa shape index (κ2) is 15.6. The van der Waals surface area contributed by atoms with Crippen LogP contribution in [0.4, 0.5) is 4.39 Å². The SMILES string of the molecule is CCCCCC(NCc1ccc(F)c(C(=O)OC)c1)C(=O)c1ccc(C#Cc2ccc(CCCC)cc2)cc1. The number of carbonyl (C=O) groups excluding carboxylic acids is 2. The lowest BCUT2D eigenvalue weighted by molar-refractivity contribution is 0.0595. The number of ketones is 1. The molecule has 0 heterocycles. The Kier molecular flexibility index (Phi) is 11.9. The summed E-state index contributed by atoms with van der Waals surface area (Å²) in [5.74, 6) is 5.04. The van der Waals surface area contributed by atoms with Gasteiger partial charge in [-0.2, -0.15) is 0 Å². The van der Waals surface area contributed by atoms with Gasteiger partial charge < -0.3 is 10.1 Å². The molecule has 0 radical (unpaired) electrons. The highest BCUT2D eigenvalue weighted by Crippen LogP contribution is 2.15. The van der Waals surface area contributed by atoms with Crippen LogP contribution in [0.25, 0.3) is 0 Å². The molecule has 4 nitrogen and oxygen atoms in total. The molecule has 1 N–H and O–H groups in total. The minimum atomic E-state index is -0.725. The summed E-state index contributed by atoms with van der Waals surface area (Å²) >= 11 is 0. The zero-order chi connectivity index (χ0) is 28.0. The second-order valence-electron chi connectivity index (χ2n) is 9.73. The zero-order valence-corrected chi connectivity index (χ0v) is 23.2. The Bertz CT molecular complexity index is 1290. The van der Waals surface area contributed by atoms with Gasteiger partial charge >= 0.3 is 5.97 Å². The first-order valence-electron chi connectivity index (χ1n) is 13.8. The highest BCUT2D eigenvalue weighted by molar-refractivity contribution is 6.00. The Morgan fingerprint density at radius 2 is 1.46 bits per heavy atom. The Balaban J connectivity index is 1.68. The molecule has 39 heavy (non-hydrogen) atoms. The lowest BCUT2D eigenvalue weighted by Gasteiger charge is -2.18. The van der Waals surface area contributed by atoms with Crippen LogP contribution in [0.15, 0.2) is 66.7 Å². The number of hydrogen-bond acceptors (Lipinski definition) is 4. The lowest BCUT2D eigenvalue weighted by Crippen LogP contribution is -2.36. The van der Waals surface area contributed by atoms with Gasteiger partial charge in [0.2, 0.25) is 0 Å². The fraction of sp³-hybridized carbons (Fsp3) is 0.353. The highest BCUT2D eigenvalue weighted by Gasteiger charge is 2.20. The number of ether oxygens (including phenoxy) is 1. The maximum atomic E-state index is 14.0. The molecule has 0 aliphatic heterocycles. The summed E-state index contributed by atoms with van der Waals surface area (Å²) in [4.78, 5) is 25.2. The van der Waals surface area contributed by atoms with Crippen molar-refractivity contribution in [1.29, 1.82) is 0 Å². The molecule has 204 valence electrons. The molecular formula is C34H38FNO3. The number of carbonyl (C=O) groups is 2. The van der Waals surface area contributed by atoms with Crippen LogP contribution in [0.3, 0.4) is 0 Å². The largest absolute Gasteiger partial charge is 0.465 e. The van der Waals surface area contributed by atoms with Gasteiger partial charge in [0.15, 0.2) is 5.78 Å². The Hall–Kier alpha value is -3.75. The average Bonchev–Trinajstić information content (AvgIpc) is 2.97. The van der Waals surface area contributed by atoms with Crippen molar-refractivity contribution < 1.29 is 18.7 Å². The van der Waals surface area contributed by atoms with Crippen LogP contribution in [0.5, 0.6) is 0 Å². The molecule has 3 rings (SSSR count). The molecule has 0 spiro atoms. The van der Waals surface area contributed by atoms with Crippen LogP contribution in [-0.4, -0.2) is 24.9 Å². The van der Waals surface area contributed by atoms with Gasteiger partial charge in [-0.25, -0.2) is 9.18 Å². The van der Waals surface area contributed by atoms with E-state index in [2.05, 4.69) is 60.0 Å².